The fourth-order valence-corrected chi connectivity index (χ4v) is 2.94. The van der Waals surface area contributed by atoms with E-state index in [1.54, 1.807) is 30.3 Å². The summed E-state index contributed by atoms with van der Waals surface area (Å²) in [4.78, 5) is 24.2. The third kappa shape index (κ3) is 5.70. The Labute approximate surface area is 171 Å². The Kier molecular flexibility index (Phi) is 7.63. The molecule has 0 spiro atoms. The summed E-state index contributed by atoms with van der Waals surface area (Å²) in [7, 11) is 0. The highest BCUT2D eigenvalue weighted by Crippen LogP contribution is 2.31. The van der Waals surface area contributed by atoms with Gasteiger partial charge >= 0.3 is 6.18 Å². The molecule has 11 heteroatoms. The number of carbonyl (C=O) groups is 2. The van der Waals surface area contributed by atoms with Crippen molar-refractivity contribution in [3.05, 3.63) is 47.8 Å². The van der Waals surface area contributed by atoms with Crippen molar-refractivity contribution in [2.75, 3.05) is 26.2 Å². The van der Waals surface area contributed by atoms with Crippen molar-refractivity contribution in [3.8, 4) is 5.69 Å². The molecule has 0 bridgehead atoms. The van der Waals surface area contributed by atoms with E-state index in [-0.39, 0.29) is 37.3 Å². The molecule has 29 heavy (non-hydrogen) atoms. The van der Waals surface area contributed by atoms with Gasteiger partial charge in [-0.3, -0.25) is 9.59 Å². The minimum Gasteiger partial charge on any atom is -0.354 e. The molecule has 0 radical (unpaired) electrons. The van der Waals surface area contributed by atoms with E-state index in [0.717, 1.165) is 23.8 Å². The Balaban J connectivity index is 0.00000300. The van der Waals surface area contributed by atoms with Gasteiger partial charge in [0.25, 0.3) is 5.91 Å². The molecule has 1 aromatic carbocycles. The smallest absolute Gasteiger partial charge is 0.354 e. The van der Waals surface area contributed by atoms with E-state index in [4.69, 9.17) is 0 Å². The van der Waals surface area contributed by atoms with Gasteiger partial charge in [0.1, 0.15) is 0 Å². The molecule has 7 nitrogen and oxygen atoms in total. The molecular weight excluding hydrogens is 411 g/mol. The summed E-state index contributed by atoms with van der Waals surface area (Å²) in [6, 6.07) is 8.21. The molecule has 158 valence electrons. The second-order valence-electron chi connectivity index (χ2n) is 6.41. The molecule has 0 saturated carbocycles. The molecule has 1 aliphatic heterocycles. The van der Waals surface area contributed by atoms with Crippen LogP contribution < -0.4 is 16.0 Å². The summed E-state index contributed by atoms with van der Waals surface area (Å²) in [5.41, 5.74) is -1.41. The maximum Gasteiger partial charge on any atom is 0.435 e. The number of nitrogens with one attached hydrogen (secondary N) is 3. The average Bonchev–Trinajstić information content (AvgIpc) is 3.35. The SMILES string of the molecule is Cl.O=C(NCCNC(=O)C1CCNC1)c1cn(-c2ccccc2)nc1C(F)(F)F. The van der Waals surface area contributed by atoms with Gasteiger partial charge in [-0.05, 0) is 25.1 Å². The molecule has 1 aliphatic rings. The van der Waals surface area contributed by atoms with Crippen LogP contribution in [-0.2, 0) is 11.0 Å². The number of halogens is 4. The first kappa shape index (κ1) is 22.7. The first-order valence-electron chi connectivity index (χ1n) is 8.85. The van der Waals surface area contributed by atoms with Crippen LogP contribution in [0.3, 0.4) is 0 Å². The van der Waals surface area contributed by atoms with Crippen LogP contribution >= 0.6 is 12.4 Å². The number of nitrogens with zero attached hydrogens (tertiary/aromatic N) is 2. The highest BCUT2D eigenvalue weighted by molar-refractivity contribution is 5.95. The van der Waals surface area contributed by atoms with Gasteiger partial charge in [-0.25, -0.2) is 4.68 Å². The van der Waals surface area contributed by atoms with Crippen LogP contribution in [-0.4, -0.2) is 47.8 Å². The van der Waals surface area contributed by atoms with E-state index in [1.165, 1.54) is 0 Å². The number of carbonyl (C=O) groups excluding carboxylic acids is 2. The van der Waals surface area contributed by atoms with Gasteiger partial charge in [0, 0.05) is 25.8 Å². The number of rotatable bonds is 6. The summed E-state index contributed by atoms with van der Waals surface area (Å²) in [5, 5.41) is 11.7. The fraction of sp³-hybridized carbons (Fsp3) is 0.389. The normalized spacial score (nSPS) is 16.2. The lowest BCUT2D eigenvalue weighted by molar-refractivity contribution is -0.141. The third-order valence-corrected chi connectivity index (χ3v) is 4.39. The van der Waals surface area contributed by atoms with E-state index in [0.29, 0.717) is 12.2 Å². The Bertz CT molecular complexity index is 836. The van der Waals surface area contributed by atoms with Crippen LogP contribution in [0.25, 0.3) is 5.69 Å². The molecule has 2 amide bonds. The lowest BCUT2D eigenvalue weighted by atomic mass is 10.1. The molecule has 3 rings (SSSR count). The van der Waals surface area contributed by atoms with Gasteiger partial charge in [0.2, 0.25) is 5.91 Å². The van der Waals surface area contributed by atoms with Crippen molar-refractivity contribution in [1.29, 1.82) is 0 Å². The molecule has 2 aromatic rings. The highest BCUT2D eigenvalue weighted by atomic mass is 35.5. The van der Waals surface area contributed by atoms with Gasteiger partial charge < -0.3 is 16.0 Å². The summed E-state index contributed by atoms with van der Waals surface area (Å²) >= 11 is 0. The number of para-hydroxylation sites is 1. The summed E-state index contributed by atoms with van der Waals surface area (Å²) < 4.78 is 40.9. The van der Waals surface area contributed by atoms with E-state index >= 15 is 0 Å². The molecule has 2 heterocycles. The van der Waals surface area contributed by atoms with Crippen LogP contribution in [0.15, 0.2) is 36.5 Å². The molecule has 1 fully saturated rings. The highest BCUT2D eigenvalue weighted by Gasteiger charge is 2.39. The minimum atomic E-state index is -4.77. The Morgan fingerprint density at radius 1 is 1.17 bits per heavy atom. The zero-order valence-corrected chi connectivity index (χ0v) is 16.1. The molecule has 1 unspecified atom stereocenters. The Morgan fingerprint density at radius 2 is 1.86 bits per heavy atom. The predicted molar refractivity (Wildman–Crippen MR) is 102 cm³/mol. The van der Waals surface area contributed by atoms with Crippen LogP contribution in [0.5, 0.6) is 0 Å². The molecule has 3 N–H and O–H groups in total. The largest absolute Gasteiger partial charge is 0.435 e. The number of aromatic nitrogens is 2. The van der Waals surface area contributed by atoms with E-state index in [1.807, 2.05) is 0 Å². The molecule has 0 aliphatic carbocycles. The van der Waals surface area contributed by atoms with Gasteiger partial charge in [-0.1, -0.05) is 18.2 Å². The van der Waals surface area contributed by atoms with E-state index < -0.39 is 23.3 Å². The van der Waals surface area contributed by atoms with E-state index in [2.05, 4.69) is 21.0 Å². The van der Waals surface area contributed by atoms with Gasteiger partial charge in [0.15, 0.2) is 5.69 Å². The summed E-state index contributed by atoms with van der Waals surface area (Å²) in [5.74, 6) is -1.14. The number of hydrogen-bond donors (Lipinski definition) is 3. The maximum atomic E-state index is 13.3. The Hall–Kier alpha value is -2.59. The second kappa shape index (κ2) is 9.75. The Morgan fingerprint density at radius 3 is 2.48 bits per heavy atom. The first-order chi connectivity index (χ1) is 13.4. The van der Waals surface area contributed by atoms with Gasteiger partial charge in [0.05, 0.1) is 17.2 Å². The lowest BCUT2D eigenvalue weighted by Gasteiger charge is -2.10. The molecular formula is C18H21ClF3N5O2. The maximum absolute atomic E-state index is 13.3. The van der Waals surface area contributed by atoms with Crippen LogP contribution in [0.2, 0.25) is 0 Å². The summed E-state index contributed by atoms with van der Waals surface area (Å²) in [6.07, 6.45) is -2.97. The lowest BCUT2D eigenvalue weighted by Crippen LogP contribution is -2.38. The average molecular weight is 432 g/mol. The van der Waals surface area contributed by atoms with Crippen LogP contribution in [0, 0.1) is 5.92 Å². The van der Waals surface area contributed by atoms with Crippen molar-refractivity contribution in [3.63, 3.8) is 0 Å². The summed E-state index contributed by atoms with van der Waals surface area (Å²) in [6.45, 7) is 1.53. The number of benzene rings is 1. The molecule has 1 atom stereocenters. The monoisotopic (exact) mass is 431 g/mol. The third-order valence-electron chi connectivity index (χ3n) is 4.39. The van der Waals surface area contributed by atoms with Crippen molar-refractivity contribution < 1.29 is 22.8 Å². The van der Waals surface area contributed by atoms with Crippen LogP contribution in [0.4, 0.5) is 13.2 Å². The van der Waals surface area contributed by atoms with Crippen molar-refractivity contribution in [1.82, 2.24) is 25.7 Å². The van der Waals surface area contributed by atoms with Crippen molar-refractivity contribution in [2.24, 2.45) is 5.92 Å². The topological polar surface area (TPSA) is 88.0 Å². The fourth-order valence-electron chi connectivity index (χ4n) is 2.94. The van der Waals surface area contributed by atoms with E-state index in [9.17, 15) is 22.8 Å². The van der Waals surface area contributed by atoms with Crippen LogP contribution in [0.1, 0.15) is 22.5 Å². The first-order valence-corrected chi connectivity index (χ1v) is 8.85. The zero-order valence-electron chi connectivity index (χ0n) is 15.3. The zero-order chi connectivity index (χ0) is 20.1. The van der Waals surface area contributed by atoms with Crippen molar-refractivity contribution in [2.45, 2.75) is 12.6 Å². The van der Waals surface area contributed by atoms with Crippen molar-refractivity contribution >= 4 is 24.2 Å². The number of amides is 2. The molecule has 1 aromatic heterocycles. The number of alkyl halides is 3. The van der Waals surface area contributed by atoms with Gasteiger partial charge in [-0.15, -0.1) is 12.4 Å². The minimum absolute atomic E-state index is 0. The van der Waals surface area contributed by atoms with Gasteiger partial charge in [-0.2, -0.15) is 18.3 Å². The molecule has 1 saturated heterocycles. The standard InChI is InChI=1S/C18H20F3N5O2.ClH/c19-18(20,21)15-14(11-26(25-15)13-4-2-1-3-5-13)17(28)24-9-8-23-16(27)12-6-7-22-10-12;/h1-5,11-12,22H,6-10H2,(H,23,27)(H,24,28);1H. The second-order valence-corrected chi connectivity index (χ2v) is 6.41. The predicted octanol–water partition coefficient (Wildman–Crippen LogP) is 1.77. The number of hydrogen-bond acceptors (Lipinski definition) is 4. The quantitative estimate of drug-likeness (QED) is 0.608.